The molecule has 1 N–H and O–H groups in total. The highest BCUT2D eigenvalue weighted by molar-refractivity contribution is 5.86. The Morgan fingerprint density at radius 2 is 1.17 bits per heavy atom. The van der Waals surface area contributed by atoms with E-state index in [0.717, 1.165) is 44.5 Å². The molecule has 0 bridgehead atoms. The fourth-order valence-electron chi connectivity index (χ4n) is 6.28. The first kappa shape index (κ1) is 26.3. The molecule has 0 aliphatic heterocycles. The van der Waals surface area contributed by atoms with Crippen molar-refractivity contribution >= 4 is 18.0 Å². The molecular weight excluding hydrogens is 518 g/mol. The minimum absolute atomic E-state index is 0.0588. The summed E-state index contributed by atoms with van der Waals surface area (Å²) in [5.41, 5.74) is 7.90. The average molecular weight is 548 g/mol. The second-order valence-electron chi connectivity index (χ2n) is 10.3. The van der Waals surface area contributed by atoms with Crippen LogP contribution >= 0.6 is 0 Å². The number of ether oxygens (including phenoxy) is 2. The van der Waals surface area contributed by atoms with E-state index in [-0.39, 0.29) is 25.4 Å². The molecule has 0 heterocycles. The normalized spacial score (nSPS) is 13.9. The second kappa shape index (κ2) is 10.9. The van der Waals surface area contributed by atoms with Crippen LogP contribution in [0.3, 0.4) is 0 Å². The summed E-state index contributed by atoms with van der Waals surface area (Å²) in [6.07, 6.45) is -1.18. The second-order valence-corrected chi connectivity index (χ2v) is 10.3. The summed E-state index contributed by atoms with van der Waals surface area (Å²) in [5, 5.41) is 9.54. The third-order valence-corrected chi connectivity index (χ3v) is 8.06. The Balaban J connectivity index is 1.35. The van der Waals surface area contributed by atoms with Gasteiger partial charge < -0.3 is 14.6 Å². The molecule has 0 aromatic heterocycles. The fourth-order valence-corrected chi connectivity index (χ4v) is 6.28. The van der Waals surface area contributed by atoms with E-state index < -0.39 is 30.1 Å². The highest BCUT2D eigenvalue weighted by atomic mass is 16.6. The monoisotopic (exact) mass is 547 g/mol. The fraction of sp³-hybridized carbons (Fsp3) is 0.206. The standard InChI is InChI=1S/C34H29NO6/c1-40-34(39)35(32-27-16-8-6-12-23(27)24-13-7-9-17-28(24)32)30(18-19-31(36)37)33(38)41-20-29-25-14-4-2-10-21(25)22-11-3-5-15-26(22)29/h2-17,29-30,32H,18-20H2,1H3,(H,36,37)/t30-/m0/s1. The van der Waals surface area contributed by atoms with Gasteiger partial charge in [0.25, 0.3) is 0 Å². The molecule has 1 amide bonds. The van der Waals surface area contributed by atoms with Crippen LogP contribution in [-0.4, -0.2) is 47.8 Å². The molecule has 0 saturated heterocycles. The Labute approximate surface area is 238 Å². The van der Waals surface area contributed by atoms with Crippen molar-refractivity contribution in [3.8, 4) is 22.3 Å². The van der Waals surface area contributed by atoms with Crippen LogP contribution in [-0.2, 0) is 19.1 Å². The molecule has 0 spiro atoms. The van der Waals surface area contributed by atoms with Gasteiger partial charge in [0.2, 0.25) is 0 Å². The molecule has 7 heteroatoms. The first-order chi connectivity index (χ1) is 20.0. The van der Waals surface area contributed by atoms with Gasteiger partial charge in [-0.2, -0.15) is 0 Å². The summed E-state index contributed by atoms with van der Waals surface area (Å²) in [6, 6.07) is 29.6. The zero-order chi connectivity index (χ0) is 28.5. The number of hydrogen-bond donors (Lipinski definition) is 1. The minimum atomic E-state index is -1.19. The van der Waals surface area contributed by atoms with Gasteiger partial charge in [0.05, 0.1) is 13.2 Å². The number of carboxylic acid groups (broad SMARTS) is 1. The van der Waals surface area contributed by atoms with Crippen molar-refractivity contribution in [1.29, 1.82) is 0 Å². The first-order valence-corrected chi connectivity index (χ1v) is 13.6. The number of rotatable bonds is 8. The van der Waals surface area contributed by atoms with Crippen LogP contribution in [0.4, 0.5) is 4.79 Å². The summed E-state index contributed by atoms with van der Waals surface area (Å²) in [6.45, 7) is 0.0588. The van der Waals surface area contributed by atoms with Crippen molar-refractivity contribution in [3.63, 3.8) is 0 Å². The number of esters is 1. The predicted molar refractivity (Wildman–Crippen MR) is 153 cm³/mol. The zero-order valence-electron chi connectivity index (χ0n) is 22.5. The van der Waals surface area contributed by atoms with Gasteiger partial charge >= 0.3 is 18.0 Å². The largest absolute Gasteiger partial charge is 0.481 e. The van der Waals surface area contributed by atoms with E-state index in [1.165, 1.54) is 12.0 Å². The predicted octanol–water partition coefficient (Wildman–Crippen LogP) is 6.41. The number of amides is 1. The lowest BCUT2D eigenvalue weighted by atomic mass is 9.97. The highest BCUT2D eigenvalue weighted by Gasteiger charge is 2.43. The van der Waals surface area contributed by atoms with Crippen LogP contribution in [0.1, 0.15) is 47.1 Å². The molecule has 0 unspecified atom stereocenters. The van der Waals surface area contributed by atoms with Crippen molar-refractivity contribution in [2.75, 3.05) is 13.7 Å². The van der Waals surface area contributed by atoms with E-state index in [1.807, 2.05) is 84.9 Å². The van der Waals surface area contributed by atoms with Crippen LogP contribution in [0, 0.1) is 0 Å². The number of hydrogen-bond acceptors (Lipinski definition) is 5. The third-order valence-electron chi connectivity index (χ3n) is 8.06. The van der Waals surface area contributed by atoms with Gasteiger partial charge in [-0.25, -0.2) is 9.59 Å². The van der Waals surface area contributed by atoms with Crippen LogP contribution < -0.4 is 0 Å². The van der Waals surface area contributed by atoms with Crippen LogP contribution in [0.5, 0.6) is 0 Å². The van der Waals surface area contributed by atoms with Crippen molar-refractivity contribution in [3.05, 3.63) is 119 Å². The zero-order valence-corrected chi connectivity index (χ0v) is 22.5. The lowest BCUT2D eigenvalue weighted by Crippen LogP contribution is -2.48. The average Bonchev–Trinajstić information content (AvgIpc) is 3.50. The van der Waals surface area contributed by atoms with E-state index >= 15 is 0 Å². The van der Waals surface area contributed by atoms with Crippen molar-refractivity contribution in [2.24, 2.45) is 0 Å². The lowest BCUT2D eigenvalue weighted by Gasteiger charge is -2.35. The van der Waals surface area contributed by atoms with Gasteiger partial charge in [-0.1, -0.05) is 97.1 Å². The number of aliphatic carboxylic acids is 1. The Morgan fingerprint density at radius 1 is 0.732 bits per heavy atom. The van der Waals surface area contributed by atoms with Crippen LogP contribution in [0.15, 0.2) is 97.1 Å². The molecule has 0 fully saturated rings. The van der Waals surface area contributed by atoms with Gasteiger partial charge in [-0.15, -0.1) is 0 Å². The summed E-state index contributed by atoms with van der Waals surface area (Å²) in [4.78, 5) is 40.4. The minimum Gasteiger partial charge on any atom is -0.481 e. The lowest BCUT2D eigenvalue weighted by molar-refractivity contribution is -0.151. The number of fused-ring (bicyclic) bond motifs is 6. The van der Waals surface area contributed by atoms with Crippen molar-refractivity contribution in [2.45, 2.75) is 30.8 Å². The van der Waals surface area contributed by atoms with E-state index in [1.54, 1.807) is 0 Å². The summed E-state index contributed by atoms with van der Waals surface area (Å²) >= 11 is 0. The molecule has 0 radical (unpaired) electrons. The number of carbonyl (C=O) groups excluding carboxylic acids is 2. The van der Waals surface area contributed by atoms with Crippen LogP contribution in [0.25, 0.3) is 22.3 Å². The number of methoxy groups -OCH3 is 1. The summed E-state index contributed by atoms with van der Waals surface area (Å²) < 4.78 is 11.2. The molecule has 4 aromatic rings. The van der Waals surface area contributed by atoms with Gasteiger partial charge in [-0.3, -0.25) is 9.69 Å². The van der Waals surface area contributed by atoms with E-state index in [2.05, 4.69) is 12.1 Å². The Morgan fingerprint density at radius 3 is 1.63 bits per heavy atom. The molecule has 206 valence electrons. The number of benzene rings is 4. The molecule has 1 atom stereocenters. The maximum atomic E-state index is 13.9. The van der Waals surface area contributed by atoms with E-state index in [0.29, 0.717) is 0 Å². The Bertz CT molecular complexity index is 1550. The van der Waals surface area contributed by atoms with E-state index in [9.17, 15) is 19.5 Å². The summed E-state index contributed by atoms with van der Waals surface area (Å²) in [7, 11) is 1.26. The van der Waals surface area contributed by atoms with E-state index in [4.69, 9.17) is 9.47 Å². The SMILES string of the molecule is COC(=O)N(C1c2ccccc2-c2ccccc21)[C@@H](CCC(=O)O)C(=O)OCC1c2ccccc2-c2ccccc21. The molecule has 2 aliphatic carbocycles. The highest BCUT2D eigenvalue weighted by Crippen LogP contribution is 2.48. The molecule has 2 aliphatic rings. The number of carboxylic acids is 1. The van der Waals surface area contributed by atoms with Gasteiger partial charge in [0, 0.05) is 12.3 Å². The van der Waals surface area contributed by atoms with Crippen LogP contribution in [0.2, 0.25) is 0 Å². The smallest absolute Gasteiger partial charge is 0.411 e. The first-order valence-electron chi connectivity index (χ1n) is 13.6. The molecule has 4 aromatic carbocycles. The quantitative estimate of drug-likeness (QED) is 0.256. The molecule has 41 heavy (non-hydrogen) atoms. The number of nitrogens with zero attached hydrogens (tertiary/aromatic N) is 1. The van der Waals surface area contributed by atoms with Gasteiger partial charge in [-0.05, 0) is 50.9 Å². The van der Waals surface area contributed by atoms with Gasteiger partial charge in [0.1, 0.15) is 12.6 Å². The van der Waals surface area contributed by atoms with Crippen molar-refractivity contribution in [1.82, 2.24) is 4.90 Å². The molecule has 0 saturated carbocycles. The summed E-state index contributed by atoms with van der Waals surface area (Å²) in [5.74, 6) is -1.91. The maximum Gasteiger partial charge on any atom is 0.411 e. The number of carbonyl (C=O) groups is 3. The topological polar surface area (TPSA) is 93.1 Å². The Hall–Kier alpha value is -4.91. The van der Waals surface area contributed by atoms with Crippen molar-refractivity contribution < 1.29 is 29.0 Å². The maximum absolute atomic E-state index is 13.9. The Kier molecular flexibility index (Phi) is 7.01. The van der Waals surface area contributed by atoms with Gasteiger partial charge in [0.15, 0.2) is 0 Å². The molecule has 7 nitrogen and oxygen atoms in total. The molecular formula is C34H29NO6. The molecule has 6 rings (SSSR count). The third kappa shape index (κ3) is 4.63.